The Balaban J connectivity index is 1.49. The predicted octanol–water partition coefficient (Wildman–Crippen LogP) is 7.15. The van der Waals surface area contributed by atoms with E-state index in [1.807, 2.05) is 45.1 Å². The molecule has 0 radical (unpaired) electrons. The largest absolute Gasteiger partial charge is 0.509 e. The average molecular weight is 942 g/mol. The Labute approximate surface area is 398 Å². The number of nitrogens with zero attached hydrogens (tertiary/aromatic N) is 1. The van der Waals surface area contributed by atoms with Crippen LogP contribution in [0.2, 0.25) is 0 Å². The first-order valence-corrected chi connectivity index (χ1v) is 24.6. The lowest BCUT2D eigenvalue weighted by Crippen LogP contribution is -2.61. The summed E-state index contributed by atoms with van der Waals surface area (Å²) in [7, 11) is 4.71. The molecule has 4 bridgehead atoms. The van der Waals surface area contributed by atoms with Gasteiger partial charge < -0.3 is 48.3 Å². The van der Waals surface area contributed by atoms with E-state index >= 15 is 0 Å². The maximum absolute atomic E-state index is 14.4. The number of cyclic esters (lactones) is 1. The Hall–Kier alpha value is -3.73. The summed E-state index contributed by atoms with van der Waals surface area (Å²) in [6.07, 6.45) is 11.4. The van der Waals surface area contributed by atoms with Gasteiger partial charge in [-0.25, -0.2) is 9.59 Å². The van der Waals surface area contributed by atoms with Gasteiger partial charge in [0.2, 0.25) is 5.79 Å². The van der Waals surface area contributed by atoms with Crippen molar-refractivity contribution in [3.05, 3.63) is 47.6 Å². The van der Waals surface area contributed by atoms with E-state index in [0.717, 1.165) is 12.0 Å². The van der Waals surface area contributed by atoms with Crippen molar-refractivity contribution in [2.45, 2.75) is 186 Å². The van der Waals surface area contributed by atoms with Gasteiger partial charge in [-0.3, -0.25) is 14.4 Å². The van der Waals surface area contributed by atoms with Crippen LogP contribution in [0.25, 0.3) is 0 Å². The van der Waals surface area contributed by atoms with Gasteiger partial charge in [-0.15, -0.1) is 0 Å². The summed E-state index contributed by atoms with van der Waals surface area (Å²) in [5, 5.41) is 22.5. The van der Waals surface area contributed by atoms with Crippen molar-refractivity contribution < 1.29 is 67.3 Å². The number of hydrogen-bond donors (Lipinski definition) is 2. The summed E-state index contributed by atoms with van der Waals surface area (Å²) in [5.74, 6) is -7.13. The van der Waals surface area contributed by atoms with Crippen LogP contribution in [0.4, 0.5) is 4.79 Å². The number of fused-ring (bicyclic) bond motifs is 5. The molecule has 1 aliphatic carbocycles. The third-order valence-corrected chi connectivity index (χ3v) is 15.1. The fraction of sp³-hybridized carbons (Fsp3) is 0.750. The SMILES string of the molecule is CO[C@H]1[C@H]2OC(=O)O[C@@H]1/C(C)=C/[C@@H](C)C(=O)C[C@@H]([C@H](C)C[C@@H]1CC[C@@H](O)[C@H](OC)C1)OC(=O)C1CCCCN1C(=O)C(=O)[C@]1(O)O[C@@H](CC[C@H]1C)C[C@H](OC)/C(C)=C/C=C/C=C/[C@@H](C)C[C@H]2C. The van der Waals surface area contributed by atoms with E-state index < -0.39 is 90.2 Å². The molecule has 2 N–H and O–H groups in total. The highest BCUT2D eigenvalue weighted by molar-refractivity contribution is 6.39. The minimum Gasteiger partial charge on any atom is -0.460 e. The number of piperidine rings is 1. The first kappa shape index (κ1) is 54.2. The Morgan fingerprint density at radius 2 is 1.58 bits per heavy atom. The summed E-state index contributed by atoms with van der Waals surface area (Å²) in [5.41, 5.74) is 1.51. The van der Waals surface area contributed by atoms with Gasteiger partial charge in [-0.05, 0) is 113 Å². The Bertz CT molecular complexity index is 1840. The van der Waals surface area contributed by atoms with Crippen LogP contribution in [0.15, 0.2) is 47.6 Å². The van der Waals surface area contributed by atoms with Crippen LogP contribution in [0.1, 0.15) is 126 Å². The molecule has 0 spiro atoms. The molecule has 5 rings (SSSR count). The Morgan fingerprint density at radius 3 is 2.28 bits per heavy atom. The van der Waals surface area contributed by atoms with E-state index in [0.29, 0.717) is 63.4 Å². The molecular weight excluding hydrogens is 863 g/mol. The second kappa shape index (κ2) is 24.7. The van der Waals surface area contributed by atoms with Gasteiger partial charge >= 0.3 is 12.1 Å². The Kier molecular flexibility index (Phi) is 20.0. The van der Waals surface area contributed by atoms with Crippen molar-refractivity contribution in [2.24, 2.45) is 35.5 Å². The number of ether oxygens (including phenoxy) is 7. The average Bonchev–Trinajstić information content (AvgIpc) is 3.30. The fourth-order valence-electron chi connectivity index (χ4n) is 10.8. The molecule has 376 valence electrons. The number of amides is 1. The second-order valence-corrected chi connectivity index (χ2v) is 20.2. The van der Waals surface area contributed by atoms with Crippen molar-refractivity contribution in [3.63, 3.8) is 0 Å². The predicted molar refractivity (Wildman–Crippen MR) is 249 cm³/mol. The minimum atomic E-state index is -2.42. The number of esters is 1. The van der Waals surface area contributed by atoms with E-state index in [9.17, 15) is 34.2 Å². The molecule has 1 unspecified atom stereocenters. The van der Waals surface area contributed by atoms with Crippen LogP contribution in [-0.4, -0.2) is 133 Å². The molecule has 1 amide bonds. The van der Waals surface area contributed by atoms with Gasteiger partial charge in [0.15, 0.2) is 6.10 Å². The van der Waals surface area contributed by atoms with Crippen LogP contribution in [0.5, 0.6) is 0 Å². The lowest BCUT2D eigenvalue weighted by molar-refractivity contribution is -0.265. The molecule has 0 aromatic rings. The lowest BCUT2D eigenvalue weighted by Gasteiger charge is -2.42. The summed E-state index contributed by atoms with van der Waals surface area (Å²) in [6.45, 7) is 13.3. The summed E-state index contributed by atoms with van der Waals surface area (Å²) in [4.78, 5) is 71.4. The molecule has 15 heteroatoms. The van der Waals surface area contributed by atoms with Gasteiger partial charge in [0.25, 0.3) is 11.7 Å². The number of aliphatic hydroxyl groups is 2. The van der Waals surface area contributed by atoms with Crippen LogP contribution in [0, 0.1) is 35.5 Å². The maximum atomic E-state index is 14.4. The number of allylic oxidation sites excluding steroid dienone is 6. The highest BCUT2D eigenvalue weighted by Crippen LogP contribution is 2.38. The minimum absolute atomic E-state index is 0.0948. The van der Waals surface area contributed by atoms with Gasteiger partial charge in [-0.1, -0.05) is 71.1 Å². The first-order valence-electron chi connectivity index (χ1n) is 24.6. The zero-order valence-corrected chi connectivity index (χ0v) is 41.6. The van der Waals surface area contributed by atoms with Crippen LogP contribution in [-0.2, 0) is 52.3 Å². The fourth-order valence-corrected chi connectivity index (χ4v) is 10.8. The topological polar surface area (TPSA) is 194 Å². The third-order valence-electron chi connectivity index (χ3n) is 15.1. The van der Waals surface area contributed by atoms with E-state index in [-0.39, 0.29) is 54.9 Å². The molecule has 16 atom stereocenters. The first-order chi connectivity index (χ1) is 31.8. The highest BCUT2D eigenvalue weighted by Gasteiger charge is 2.53. The zero-order chi connectivity index (χ0) is 49.2. The van der Waals surface area contributed by atoms with Crippen molar-refractivity contribution >= 4 is 29.6 Å². The van der Waals surface area contributed by atoms with Crippen molar-refractivity contribution in [1.82, 2.24) is 4.90 Å². The van der Waals surface area contributed by atoms with E-state index in [1.54, 1.807) is 48.2 Å². The second-order valence-electron chi connectivity index (χ2n) is 20.2. The standard InChI is InChI=1S/C52H79NO14/c1-30-16-12-11-13-17-31(2)42(61-8)28-38-21-19-36(7)52(60,67-38)48(56)49(57)53-23-15-14-18-39(53)50(58)64-43(33(4)26-37-20-22-40(54)44(27-37)62-9)29-41(55)32(3)25-35(6)46-47(63-10)45(34(5)24-30)65-51(59)66-46/h11-13,16-17,25,30,32-34,36-40,42-47,54,60H,14-15,18-24,26-29H2,1-10H3/b13-11+,16-12+,31-17+,35-25+/t30-,32-,33-,34-,36-,37+,38+,39?,40-,42+,43+,44-,45+,46-,47+,52-/m1/s1. The van der Waals surface area contributed by atoms with Crippen LogP contribution < -0.4 is 0 Å². The quantitative estimate of drug-likeness (QED) is 0.155. The number of Topliss-reactive ketones (excluding diaryl/α,β-unsaturated/α-hetero) is 2. The number of carbonyl (C=O) groups excluding carboxylic acids is 5. The molecule has 0 aromatic heterocycles. The normalized spacial score (nSPS) is 41.3. The number of rotatable bonds is 6. The molecule has 4 heterocycles. The van der Waals surface area contributed by atoms with Gasteiger partial charge in [0.1, 0.15) is 30.1 Å². The van der Waals surface area contributed by atoms with Crippen molar-refractivity contribution in [2.75, 3.05) is 27.9 Å². The summed E-state index contributed by atoms with van der Waals surface area (Å²) < 4.78 is 41.4. The highest BCUT2D eigenvalue weighted by atomic mass is 16.8. The Morgan fingerprint density at radius 1 is 0.836 bits per heavy atom. The molecule has 1 saturated carbocycles. The smallest absolute Gasteiger partial charge is 0.460 e. The number of ketones is 2. The van der Waals surface area contributed by atoms with Gasteiger partial charge in [-0.2, -0.15) is 0 Å². The molecule has 15 nitrogen and oxygen atoms in total. The number of aliphatic hydroxyl groups excluding tert-OH is 1. The van der Waals surface area contributed by atoms with Gasteiger partial charge in [0.05, 0.1) is 24.4 Å². The van der Waals surface area contributed by atoms with E-state index in [1.165, 1.54) is 4.90 Å². The van der Waals surface area contributed by atoms with Crippen molar-refractivity contribution in [1.29, 1.82) is 0 Å². The van der Waals surface area contributed by atoms with E-state index in [2.05, 4.69) is 13.0 Å². The molecule has 0 aromatic carbocycles. The number of methoxy groups -OCH3 is 3. The van der Waals surface area contributed by atoms with Crippen LogP contribution >= 0.6 is 0 Å². The maximum Gasteiger partial charge on any atom is 0.509 e. The third kappa shape index (κ3) is 13.7. The molecule has 4 fully saturated rings. The van der Waals surface area contributed by atoms with Crippen molar-refractivity contribution in [3.8, 4) is 0 Å². The molecule has 4 aliphatic heterocycles. The monoisotopic (exact) mass is 942 g/mol. The number of carbonyl (C=O) groups is 5. The summed E-state index contributed by atoms with van der Waals surface area (Å²) in [6, 6.07) is -1.13. The summed E-state index contributed by atoms with van der Waals surface area (Å²) >= 11 is 0. The number of hydrogen-bond acceptors (Lipinski definition) is 14. The lowest BCUT2D eigenvalue weighted by atomic mass is 9.78. The van der Waals surface area contributed by atoms with Gasteiger partial charge in [0, 0.05) is 52.6 Å². The van der Waals surface area contributed by atoms with Crippen LogP contribution in [0.3, 0.4) is 0 Å². The molecule has 3 saturated heterocycles. The van der Waals surface area contributed by atoms with E-state index in [4.69, 9.17) is 33.2 Å². The molecule has 67 heavy (non-hydrogen) atoms. The molecule has 5 aliphatic rings. The molecular formula is C52H79NO14. The zero-order valence-electron chi connectivity index (χ0n) is 41.6.